The van der Waals surface area contributed by atoms with Crippen LogP contribution in [0.4, 0.5) is 0 Å². The molecule has 0 bridgehead atoms. The third-order valence-electron chi connectivity index (χ3n) is 1.48. The first-order valence-corrected chi connectivity index (χ1v) is 4.30. The number of ether oxygens (including phenoxy) is 2. The van der Waals surface area contributed by atoms with E-state index >= 15 is 0 Å². The molecule has 0 radical (unpaired) electrons. The molecule has 5 nitrogen and oxygen atoms in total. The molecule has 0 saturated carbocycles. The van der Waals surface area contributed by atoms with Gasteiger partial charge in [-0.25, -0.2) is 4.21 Å². The molecule has 1 aliphatic heterocycles. The highest BCUT2D eigenvalue weighted by atomic mass is 32.2. The molecule has 0 aromatic heterocycles. The van der Waals surface area contributed by atoms with Gasteiger partial charge in [-0.1, -0.05) is 0 Å². The fourth-order valence-electron chi connectivity index (χ4n) is 0.881. The van der Waals surface area contributed by atoms with Gasteiger partial charge in [0, 0.05) is 13.7 Å². The average molecular weight is 181 g/mol. The number of nitrogens with zero attached hydrogens (tertiary/aromatic N) is 1. The highest BCUT2D eigenvalue weighted by Gasteiger charge is 2.22. The lowest BCUT2D eigenvalue weighted by atomic mass is 10.5. The van der Waals surface area contributed by atoms with Crippen LogP contribution in [0.5, 0.6) is 0 Å². The second-order valence-electron chi connectivity index (χ2n) is 2.15. The predicted octanol–water partition coefficient (Wildman–Crippen LogP) is -0.572. The van der Waals surface area contributed by atoms with E-state index in [0.29, 0.717) is 19.7 Å². The Labute approximate surface area is 67.7 Å². The summed E-state index contributed by atoms with van der Waals surface area (Å²) in [5.41, 5.74) is 0. The van der Waals surface area contributed by atoms with Gasteiger partial charge in [0.25, 0.3) is 0 Å². The molecule has 11 heavy (non-hydrogen) atoms. The van der Waals surface area contributed by atoms with Crippen molar-refractivity contribution < 1.29 is 18.2 Å². The van der Waals surface area contributed by atoms with Crippen LogP contribution in [0.15, 0.2) is 0 Å². The summed E-state index contributed by atoms with van der Waals surface area (Å²) in [5.74, 6) is 0. The van der Waals surface area contributed by atoms with Crippen LogP contribution in [0.1, 0.15) is 0 Å². The van der Waals surface area contributed by atoms with Crippen LogP contribution in [0.25, 0.3) is 0 Å². The lowest BCUT2D eigenvalue weighted by molar-refractivity contribution is -0.151. The smallest absolute Gasteiger partial charge is 0.234 e. The van der Waals surface area contributed by atoms with Crippen LogP contribution >= 0.6 is 0 Å². The molecule has 1 aliphatic rings. The summed E-state index contributed by atoms with van der Waals surface area (Å²) in [4.78, 5) is 0. The highest BCUT2D eigenvalue weighted by molar-refractivity contribution is 7.76. The van der Waals surface area contributed by atoms with Gasteiger partial charge in [0.1, 0.15) is 0 Å². The van der Waals surface area contributed by atoms with Crippen molar-refractivity contribution in [1.82, 2.24) is 4.31 Å². The zero-order valence-electron chi connectivity index (χ0n) is 6.23. The van der Waals surface area contributed by atoms with E-state index in [4.69, 9.17) is 14.0 Å². The van der Waals surface area contributed by atoms with Gasteiger partial charge >= 0.3 is 0 Å². The average Bonchev–Trinajstić information content (AvgIpc) is 2.05. The van der Waals surface area contributed by atoms with Crippen molar-refractivity contribution in [3.8, 4) is 0 Å². The van der Waals surface area contributed by atoms with E-state index in [1.807, 2.05) is 0 Å². The normalized spacial score (nSPS) is 30.2. The van der Waals surface area contributed by atoms with Crippen molar-refractivity contribution in [2.24, 2.45) is 0 Å². The van der Waals surface area contributed by atoms with Gasteiger partial charge in [-0.3, -0.25) is 4.55 Å². The monoisotopic (exact) mass is 181 g/mol. The lowest BCUT2D eigenvalue weighted by Gasteiger charge is -2.28. The summed E-state index contributed by atoms with van der Waals surface area (Å²) in [6.45, 7) is 1.26. The molecule has 2 unspecified atom stereocenters. The Kier molecular flexibility index (Phi) is 3.41. The van der Waals surface area contributed by atoms with Crippen LogP contribution < -0.4 is 0 Å². The Morgan fingerprint density at radius 3 is 3.09 bits per heavy atom. The van der Waals surface area contributed by atoms with Gasteiger partial charge < -0.3 is 9.47 Å². The van der Waals surface area contributed by atoms with E-state index in [2.05, 4.69) is 0 Å². The maximum atomic E-state index is 10.5. The molecule has 0 aromatic rings. The van der Waals surface area contributed by atoms with E-state index in [9.17, 15) is 4.21 Å². The fourth-order valence-corrected chi connectivity index (χ4v) is 1.36. The van der Waals surface area contributed by atoms with Gasteiger partial charge in [-0.05, 0) is 0 Å². The van der Waals surface area contributed by atoms with Gasteiger partial charge in [-0.2, -0.15) is 4.31 Å². The SMILES string of the molecule is COC1CN(S(=O)O)CCO1. The van der Waals surface area contributed by atoms with Crippen molar-refractivity contribution in [2.45, 2.75) is 6.29 Å². The third kappa shape index (κ3) is 2.49. The Morgan fingerprint density at radius 2 is 2.55 bits per heavy atom. The van der Waals surface area contributed by atoms with Gasteiger partial charge in [-0.15, -0.1) is 0 Å². The van der Waals surface area contributed by atoms with Crippen molar-refractivity contribution in [2.75, 3.05) is 26.8 Å². The summed E-state index contributed by atoms with van der Waals surface area (Å²) in [6, 6.07) is 0. The summed E-state index contributed by atoms with van der Waals surface area (Å²) in [7, 11) is 1.51. The minimum absolute atomic E-state index is 0.347. The zero-order chi connectivity index (χ0) is 8.27. The Hall–Kier alpha value is -0.0100. The molecule has 1 rings (SSSR count). The third-order valence-corrected chi connectivity index (χ3v) is 2.25. The molecule has 2 atom stereocenters. The number of hydrogen-bond donors (Lipinski definition) is 1. The fraction of sp³-hybridized carbons (Fsp3) is 1.00. The number of methoxy groups -OCH3 is 1. The Bertz CT molecular complexity index is 153. The van der Waals surface area contributed by atoms with Crippen molar-refractivity contribution in [3.05, 3.63) is 0 Å². The van der Waals surface area contributed by atoms with Crippen molar-refractivity contribution in [3.63, 3.8) is 0 Å². The molecule has 1 fully saturated rings. The molecule has 0 spiro atoms. The molecule has 0 amide bonds. The minimum atomic E-state index is -1.90. The predicted molar refractivity (Wildman–Crippen MR) is 39.1 cm³/mol. The first kappa shape index (κ1) is 9.08. The van der Waals surface area contributed by atoms with E-state index in [0.717, 1.165) is 0 Å². The number of hydrogen-bond acceptors (Lipinski definition) is 3. The number of rotatable bonds is 2. The largest absolute Gasteiger partial charge is 0.354 e. The minimum Gasteiger partial charge on any atom is -0.354 e. The van der Waals surface area contributed by atoms with E-state index in [1.165, 1.54) is 11.4 Å². The van der Waals surface area contributed by atoms with Crippen LogP contribution in [-0.2, 0) is 20.7 Å². The summed E-state index contributed by atoms with van der Waals surface area (Å²) < 4.78 is 30.6. The van der Waals surface area contributed by atoms with Crippen LogP contribution in [0.3, 0.4) is 0 Å². The Balaban J connectivity index is 2.39. The van der Waals surface area contributed by atoms with Gasteiger partial charge in [0.15, 0.2) is 6.29 Å². The molecule has 66 valence electrons. The quantitative estimate of drug-likeness (QED) is 0.579. The molecule has 0 aliphatic carbocycles. The van der Waals surface area contributed by atoms with Gasteiger partial charge in [0.2, 0.25) is 11.3 Å². The molecular weight excluding hydrogens is 170 g/mol. The highest BCUT2D eigenvalue weighted by Crippen LogP contribution is 2.06. The topological polar surface area (TPSA) is 59.0 Å². The molecular formula is C5H11NO4S. The summed E-state index contributed by atoms with van der Waals surface area (Å²) in [5, 5.41) is 0. The number of morpholine rings is 1. The summed E-state index contributed by atoms with van der Waals surface area (Å²) >= 11 is -1.90. The van der Waals surface area contributed by atoms with E-state index < -0.39 is 11.3 Å². The molecule has 1 N–H and O–H groups in total. The van der Waals surface area contributed by atoms with Crippen LogP contribution in [0.2, 0.25) is 0 Å². The zero-order valence-corrected chi connectivity index (χ0v) is 7.04. The standard InChI is InChI=1S/C5H11NO4S/c1-9-5-4-6(11(7)8)2-3-10-5/h5H,2-4H2,1H3,(H,7,8). The van der Waals surface area contributed by atoms with Crippen LogP contribution in [0, 0.1) is 0 Å². The van der Waals surface area contributed by atoms with Crippen LogP contribution in [-0.4, -0.2) is 46.2 Å². The second kappa shape index (κ2) is 4.13. The lowest BCUT2D eigenvalue weighted by Crippen LogP contribution is -2.43. The first-order valence-electron chi connectivity index (χ1n) is 3.24. The van der Waals surface area contributed by atoms with Crippen molar-refractivity contribution >= 4 is 11.3 Å². The van der Waals surface area contributed by atoms with Crippen molar-refractivity contribution in [1.29, 1.82) is 0 Å². The van der Waals surface area contributed by atoms with E-state index in [-0.39, 0.29) is 6.29 Å². The molecule has 1 saturated heterocycles. The first-order chi connectivity index (χ1) is 5.24. The van der Waals surface area contributed by atoms with Gasteiger partial charge in [0.05, 0.1) is 13.2 Å². The maximum Gasteiger partial charge on any atom is 0.234 e. The summed E-state index contributed by atoms with van der Waals surface area (Å²) in [6.07, 6.45) is -0.375. The molecule has 0 aromatic carbocycles. The molecule has 1 heterocycles. The second-order valence-corrected chi connectivity index (χ2v) is 3.13. The maximum absolute atomic E-state index is 10.5. The molecule has 6 heteroatoms. The Morgan fingerprint density at radius 1 is 1.82 bits per heavy atom. The van der Waals surface area contributed by atoms with E-state index in [1.54, 1.807) is 0 Å².